The van der Waals surface area contributed by atoms with Gasteiger partial charge in [-0.1, -0.05) is 30.8 Å². The summed E-state index contributed by atoms with van der Waals surface area (Å²) >= 11 is 1.76. The summed E-state index contributed by atoms with van der Waals surface area (Å²) in [5.74, 6) is 0. The molecule has 2 atom stereocenters. The van der Waals surface area contributed by atoms with Gasteiger partial charge in [0, 0.05) is 5.25 Å². The Hall–Kier alpha value is -1.51. The SMILES string of the molecule is CCNC1(C#N)CCC(Sc2nc3ccccc3[nH]2)C1. The van der Waals surface area contributed by atoms with E-state index in [0.717, 1.165) is 42.0 Å². The normalized spacial score (nSPS) is 25.9. The molecule has 1 aliphatic rings. The van der Waals surface area contributed by atoms with Crippen LogP contribution >= 0.6 is 11.8 Å². The summed E-state index contributed by atoms with van der Waals surface area (Å²) in [6.07, 6.45) is 2.87. The van der Waals surface area contributed by atoms with Crippen molar-refractivity contribution < 1.29 is 0 Å². The van der Waals surface area contributed by atoms with Crippen LogP contribution in [0.4, 0.5) is 0 Å². The molecule has 1 aromatic heterocycles. The number of imidazole rings is 1. The van der Waals surface area contributed by atoms with E-state index < -0.39 is 0 Å². The number of hydrogen-bond acceptors (Lipinski definition) is 4. The maximum Gasteiger partial charge on any atom is 0.166 e. The van der Waals surface area contributed by atoms with Crippen LogP contribution in [0.5, 0.6) is 0 Å². The number of aromatic nitrogens is 2. The second-order valence-electron chi connectivity index (χ2n) is 5.27. The predicted molar refractivity (Wildman–Crippen MR) is 81.6 cm³/mol. The number of para-hydroxylation sites is 2. The lowest BCUT2D eigenvalue weighted by Gasteiger charge is -2.21. The third-order valence-electron chi connectivity index (χ3n) is 3.84. The highest BCUT2D eigenvalue weighted by atomic mass is 32.2. The third-order valence-corrected chi connectivity index (χ3v) is 5.00. The van der Waals surface area contributed by atoms with Crippen molar-refractivity contribution in [2.24, 2.45) is 0 Å². The lowest BCUT2D eigenvalue weighted by Crippen LogP contribution is -2.41. The largest absolute Gasteiger partial charge is 0.333 e. The minimum atomic E-state index is -0.335. The van der Waals surface area contributed by atoms with E-state index in [-0.39, 0.29) is 5.54 Å². The quantitative estimate of drug-likeness (QED) is 0.906. The second kappa shape index (κ2) is 5.47. The molecule has 0 aliphatic heterocycles. The average Bonchev–Trinajstić information content (AvgIpc) is 3.04. The van der Waals surface area contributed by atoms with E-state index in [2.05, 4.69) is 28.3 Å². The highest BCUT2D eigenvalue weighted by Crippen LogP contribution is 2.39. The zero-order valence-electron chi connectivity index (χ0n) is 11.5. The molecule has 2 N–H and O–H groups in total. The van der Waals surface area contributed by atoms with Crippen molar-refractivity contribution in [2.75, 3.05) is 6.54 Å². The first kappa shape index (κ1) is 13.5. The molecule has 1 fully saturated rings. The summed E-state index contributed by atoms with van der Waals surface area (Å²) in [5.41, 5.74) is 1.75. The summed E-state index contributed by atoms with van der Waals surface area (Å²) in [6, 6.07) is 10.5. The molecule has 1 heterocycles. The van der Waals surface area contributed by atoms with Gasteiger partial charge in [-0.25, -0.2) is 4.98 Å². The molecule has 1 aliphatic carbocycles. The molecule has 0 saturated heterocycles. The molecular formula is C15H18N4S. The van der Waals surface area contributed by atoms with E-state index in [1.165, 1.54) is 0 Å². The van der Waals surface area contributed by atoms with Crippen LogP contribution in [0.15, 0.2) is 29.4 Å². The van der Waals surface area contributed by atoms with E-state index in [4.69, 9.17) is 0 Å². The molecule has 3 rings (SSSR count). The summed E-state index contributed by atoms with van der Waals surface area (Å²) in [6.45, 7) is 2.90. The fourth-order valence-electron chi connectivity index (χ4n) is 2.88. The maximum absolute atomic E-state index is 9.40. The Bertz CT molecular complexity index is 612. The average molecular weight is 286 g/mol. The van der Waals surface area contributed by atoms with Crippen LogP contribution < -0.4 is 5.32 Å². The maximum atomic E-state index is 9.40. The van der Waals surface area contributed by atoms with E-state index in [0.29, 0.717) is 5.25 Å². The van der Waals surface area contributed by atoms with Crippen molar-refractivity contribution in [1.82, 2.24) is 15.3 Å². The molecular weight excluding hydrogens is 268 g/mol. The second-order valence-corrected chi connectivity index (χ2v) is 6.56. The summed E-state index contributed by atoms with van der Waals surface area (Å²) in [4.78, 5) is 7.95. The van der Waals surface area contributed by atoms with E-state index in [1.54, 1.807) is 11.8 Å². The molecule has 1 aromatic carbocycles. The van der Waals surface area contributed by atoms with Gasteiger partial charge in [-0.3, -0.25) is 5.32 Å². The Morgan fingerprint density at radius 3 is 3.15 bits per heavy atom. The number of nitriles is 1. The summed E-state index contributed by atoms with van der Waals surface area (Å²) < 4.78 is 0. The Morgan fingerprint density at radius 1 is 1.55 bits per heavy atom. The monoisotopic (exact) mass is 286 g/mol. The molecule has 2 unspecified atom stereocenters. The van der Waals surface area contributed by atoms with Gasteiger partial charge in [-0.05, 0) is 37.9 Å². The molecule has 1 saturated carbocycles. The van der Waals surface area contributed by atoms with Crippen LogP contribution in [0.2, 0.25) is 0 Å². The molecule has 0 amide bonds. The molecule has 104 valence electrons. The first-order valence-corrected chi connectivity index (χ1v) is 7.90. The Balaban J connectivity index is 1.71. The number of aromatic amines is 1. The number of nitrogens with one attached hydrogen (secondary N) is 2. The van der Waals surface area contributed by atoms with Crippen LogP contribution in [0.3, 0.4) is 0 Å². The third kappa shape index (κ3) is 2.54. The highest BCUT2D eigenvalue weighted by Gasteiger charge is 2.39. The van der Waals surface area contributed by atoms with Gasteiger partial charge < -0.3 is 4.98 Å². The van der Waals surface area contributed by atoms with Gasteiger partial charge in [0.15, 0.2) is 5.16 Å². The number of rotatable bonds is 4. The number of benzene rings is 1. The number of fused-ring (bicyclic) bond motifs is 1. The Kier molecular flexibility index (Phi) is 3.68. The lowest BCUT2D eigenvalue weighted by molar-refractivity contribution is 0.436. The van der Waals surface area contributed by atoms with Gasteiger partial charge in [0.2, 0.25) is 0 Å². The van der Waals surface area contributed by atoms with Crippen LogP contribution in [-0.2, 0) is 0 Å². The van der Waals surface area contributed by atoms with Crippen molar-refractivity contribution in [3.63, 3.8) is 0 Å². The number of H-pyrrole nitrogens is 1. The fraction of sp³-hybridized carbons (Fsp3) is 0.467. The number of nitrogens with zero attached hydrogens (tertiary/aromatic N) is 2. The van der Waals surface area contributed by atoms with Crippen LogP contribution in [-0.4, -0.2) is 27.3 Å². The van der Waals surface area contributed by atoms with Crippen molar-refractivity contribution in [1.29, 1.82) is 5.26 Å². The smallest absolute Gasteiger partial charge is 0.166 e. The molecule has 0 bridgehead atoms. The van der Waals surface area contributed by atoms with Crippen LogP contribution in [0.1, 0.15) is 26.2 Å². The molecule has 5 heteroatoms. The van der Waals surface area contributed by atoms with Gasteiger partial charge in [-0.15, -0.1) is 0 Å². The van der Waals surface area contributed by atoms with Crippen LogP contribution in [0.25, 0.3) is 11.0 Å². The van der Waals surface area contributed by atoms with Gasteiger partial charge in [-0.2, -0.15) is 5.26 Å². The zero-order valence-corrected chi connectivity index (χ0v) is 12.3. The Labute approximate surface area is 123 Å². The van der Waals surface area contributed by atoms with E-state index in [1.807, 2.05) is 24.3 Å². The summed E-state index contributed by atoms with van der Waals surface area (Å²) in [5, 5.41) is 14.2. The molecule has 0 radical (unpaired) electrons. The molecule has 2 aromatic rings. The van der Waals surface area contributed by atoms with E-state index >= 15 is 0 Å². The summed E-state index contributed by atoms with van der Waals surface area (Å²) in [7, 11) is 0. The Morgan fingerprint density at radius 2 is 2.40 bits per heavy atom. The first-order valence-electron chi connectivity index (χ1n) is 7.02. The molecule has 0 spiro atoms. The van der Waals surface area contributed by atoms with Crippen molar-refractivity contribution in [2.45, 2.75) is 42.1 Å². The van der Waals surface area contributed by atoms with Crippen molar-refractivity contribution >= 4 is 22.8 Å². The number of hydrogen-bond donors (Lipinski definition) is 2. The molecule has 4 nitrogen and oxygen atoms in total. The lowest BCUT2D eigenvalue weighted by atomic mass is 10.0. The number of thioether (sulfide) groups is 1. The highest BCUT2D eigenvalue weighted by molar-refractivity contribution is 7.99. The van der Waals surface area contributed by atoms with Gasteiger partial charge >= 0.3 is 0 Å². The van der Waals surface area contributed by atoms with Gasteiger partial charge in [0.05, 0.1) is 17.1 Å². The molecule has 20 heavy (non-hydrogen) atoms. The fourth-order valence-corrected chi connectivity index (χ4v) is 4.12. The minimum absolute atomic E-state index is 0.335. The van der Waals surface area contributed by atoms with Gasteiger partial charge in [0.1, 0.15) is 5.54 Å². The van der Waals surface area contributed by atoms with Gasteiger partial charge in [0.25, 0.3) is 0 Å². The first-order chi connectivity index (χ1) is 9.74. The van der Waals surface area contributed by atoms with Crippen LogP contribution in [0, 0.1) is 11.3 Å². The zero-order chi connectivity index (χ0) is 14.0. The topological polar surface area (TPSA) is 64.5 Å². The van der Waals surface area contributed by atoms with Crippen molar-refractivity contribution in [3.05, 3.63) is 24.3 Å². The minimum Gasteiger partial charge on any atom is -0.333 e. The van der Waals surface area contributed by atoms with E-state index in [9.17, 15) is 5.26 Å². The predicted octanol–water partition coefficient (Wildman–Crippen LogP) is 3.08. The van der Waals surface area contributed by atoms with Crippen molar-refractivity contribution in [3.8, 4) is 6.07 Å². The standard InChI is InChI=1S/C15H18N4S/c1-2-17-15(10-16)8-7-11(9-15)20-14-18-12-5-3-4-6-13(12)19-14/h3-6,11,17H,2,7-9H2,1H3,(H,18,19).